The number of aliphatic hydroxyl groups is 3. The number of aliphatic hydroxyl groups excluding tert-OH is 3. The second-order valence-electron chi connectivity index (χ2n) is 20.9. The van der Waals surface area contributed by atoms with Gasteiger partial charge in [0.05, 0.1) is 18.8 Å². The zero-order valence-electron chi connectivity index (χ0n) is 45.7. The molecule has 4 N–H and O–H groups in total. The van der Waals surface area contributed by atoms with Crippen LogP contribution in [0.3, 0.4) is 0 Å². The van der Waals surface area contributed by atoms with Crippen molar-refractivity contribution in [1.82, 2.24) is 5.32 Å². The first kappa shape index (κ1) is 66.3. The second kappa shape index (κ2) is 57.9. The summed E-state index contributed by atoms with van der Waals surface area (Å²) in [6.07, 6.45) is 77.3. The Labute approximate surface area is 425 Å². The Morgan fingerprint density at radius 3 is 0.985 bits per heavy atom. The fourth-order valence-electron chi connectivity index (χ4n) is 9.45. The normalized spacial score (nSPS) is 13.5. The molecule has 0 spiro atoms. The van der Waals surface area contributed by atoms with E-state index in [1.807, 2.05) is 0 Å². The number of rotatable bonds is 56. The minimum atomic E-state index is -1.17. The van der Waals surface area contributed by atoms with E-state index in [1.165, 1.54) is 244 Å². The molecule has 0 rings (SSSR count). The number of amides is 1. The molecule has 400 valence electrons. The van der Waals surface area contributed by atoms with Crippen LogP contribution in [0.25, 0.3) is 0 Å². The molecule has 0 aromatic heterocycles. The van der Waals surface area contributed by atoms with Gasteiger partial charge in [0, 0.05) is 6.42 Å². The van der Waals surface area contributed by atoms with E-state index in [-0.39, 0.29) is 12.5 Å². The molecule has 0 aromatic rings. The Bertz CT molecular complexity index is 1100. The number of carbonyl (C=O) groups is 1. The summed E-state index contributed by atoms with van der Waals surface area (Å²) in [6, 6.07) is -0.833. The molecular formula is C63H119NO4. The number of hydrogen-bond donors (Lipinski definition) is 4. The molecule has 0 bridgehead atoms. The third-order valence-corrected chi connectivity index (χ3v) is 14.1. The highest BCUT2D eigenvalue weighted by Crippen LogP contribution is 2.17. The Balaban J connectivity index is 3.49. The van der Waals surface area contributed by atoms with Crippen LogP contribution in [-0.4, -0.2) is 46.1 Å². The van der Waals surface area contributed by atoms with Crippen LogP contribution in [0.5, 0.6) is 0 Å². The molecule has 0 aromatic carbocycles. The van der Waals surface area contributed by atoms with Crippen LogP contribution < -0.4 is 5.32 Å². The lowest BCUT2D eigenvalue weighted by Gasteiger charge is -2.26. The van der Waals surface area contributed by atoms with Gasteiger partial charge in [-0.2, -0.15) is 0 Å². The van der Waals surface area contributed by atoms with Gasteiger partial charge in [0.1, 0.15) is 6.10 Å². The lowest BCUT2D eigenvalue weighted by atomic mass is 10.0. The molecule has 68 heavy (non-hydrogen) atoms. The van der Waals surface area contributed by atoms with Gasteiger partial charge in [-0.25, -0.2) is 0 Å². The molecule has 0 saturated heterocycles. The number of hydrogen-bond acceptors (Lipinski definition) is 4. The van der Waals surface area contributed by atoms with Crippen molar-refractivity contribution in [3.05, 3.63) is 48.6 Å². The highest BCUT2D eigenvalue weighted by molar-refractivity contribution is 5.76. The minimum absolute atomic E-state index is 0.156. The third kappa shape index (κ3) is 52.1. The molecule has 0 radical (unpaired) electrons. The highest BCUT2D eigenvalue weighted by atomic mass is 16.3. The topological polar surface area (TPSA) is 89.8 Å². The van der Waals surface area contributed by atoms with E-state index in [0.717, 1.165) is 51.4 Å². The van der Waals surface area contributed by atoms with E-state index < -0.39 is 18.2 Å². The molecule has 0 saturated carbocycles. The molecule has 0 aliphatic heterocycles. The summed E-state index contributed by atoms with van der Waals surface area (Å²) >= 11 is 0. The summed E-state index contributed by atoms with van der Waals surface area (Å²) in [5.74, 6) is -0.156. The summed E-state index contributed by atoms with van der Waals surface area (Å²) in [5, 5.41) is 33.7. The first-order valence-corrected chi connectivity index (χ1v) is 30.4. The van der Waals surface area contributed by atoms with Crippen LogP contribution in [0.1, 0.15) is 322 Å². The van der Waals surface area contributed by atoms with Gasteiger partial charge in [0.25, 0.3) is 0 Å². The highest BCUT2D eigenvalue weighted by Gasteiger charge is 2.26. The lowest BCUT2D eigenvalue weighted by molar-refractivity contribution is -0.124. The van der Waals surface area contributed by atoms with Crippen molar-refractivity contribution in [3.63, 3.8) is 0 Å². The van der Waals surface area contributed by atoms with Crippen LogP contribution in [0.4, 0.5) is 0 Å². The zero-order chi connectivity index (χ0) is 49.3. The number of unbranched alkanes of at least 4 members (excludes halogenated alkanes) is 40. The maximum atomic E-state index is 12.5. The van der Waals surface area contributed by atoms with Gasteiger partial charge < -0.3 is 20.6 Å². The Kier molecular flexibility index (Phi) is 56.4. The van der Waals surface area contributed by atoms with Crippen molar-refractivity contribution in [2.24, 2.45) is 0 Å². The molecule has 3 atom stereocenters. The summed E-state index contributed by atoms with van der Waals surface area (Å²) < 4.78 is 0. The predicted octanol–water partition coefficient (Wildman–Crippen LogP) is 19.2. The van der Waals surface area contributed by atoms with Gasteiger partial charge in [-0.3, -0.25) is 4.79 Å². The second-order valence-corrected chi connectivity index (χ2v) is 20.9. The van der Waals surface area contributed by atoms with Crippen LogP contribution in [0, 0.1) is 0 Å². The summed E-state index contributed by atoms with van der Waals surface area (Å²) in [5.41, 5.74) is 0. The van der Waals surface area contributed by atoms with Crippen molar-refractivity contribution < 1.29 is 20.1 Å². The number of allylic oxidation sites excluding steroid dienone is 8. The van der Waals surface area contributed by atoms with Crippen LogP contribution in [0.15, 0.2) is 48.6 Å². The third-order valence-electron chi connectivity index (χ3n) is 14.1. The van der Waals surface area contributed by atoms with Gasteiger partial charge in [0.2, 0.25) is 5.91 Å². The Morgan fingerprint density at radius 1 is 0.368 bits per heavy atom. The summed E-state index contributed by atoms with van der Waals surface area (Å²) in [7, 11) is 0. The Morgan fingerprint density at radius 2 is 0.647 bits per heavy atom. The van der Waals surface area contributed by atoms with Gasteiger partial charge in [-0.05, 0) is 83.5 Å². The number of nitrogens with one attached hydrogen (secondary N) is 1. The molecule has 5 nitrogen and oxygen atoms in total. The first-order valence-electron chi connectivity index (χ1n) is 30.4. The van der Waals surface area contributed by atoms with Crippen molar-refractivity contribution in [1.29, 1.82) is 0 Å². The summed E-state index contributed by atoms with van der Waals surface area (Å²) in [4.78, 5) is 12.5. The molecule has 3 unspecified atom stereocenters. The first-order chi connectivity index (χ1) is 33.6. The zero-order valence-corrected chi connectivity index (χ0v) is 45.7. The van der Waals surface area contributed by atoms with Gasteiger partial charge in [0.15, 0.2) is 0 Å². The van der Waals surface area contributed by atoms with Gasteiger partial charge in [-0.1, -0.05) is 281 Å². The largest absolute Gasteiger partial charge is 0.394 e. The van der Waals surface area contributed by atoms with Crippen LogP contribution in [-0.2, 0) is 4.79 Å². The minimum Gasteiger partial charge on any atom is -0.394 e. The predicted molar refractivity (Wildman–Crippen MR) is 301 cm³/mol. The molecule has 1 amide bonds. The fraction of sp³-hybridized carbons (Fsp3) is 0.857. The van der Waals surface area contributed by atoms with Crippen molar-refractivity contribution in [3.8, 4) is 0 Å². The van der Waals surface area contributed by atoms with Crippen LogP contribution >= 0.6 is 0 Å². The molecule has 0 heterocycles. The van der Waals surface area contributed by atoms with E-state index in [0.29, 0.717) is 12.8 Å². The van der Waals surface area contributed by atoms with E-state index in [4.69, 9.17) is 0 Å². The van der Waals surface area contributed by atoms with Gasteiger partial charge in [-0.15, -0.1) is 0 Å². The standard InChI is InChI=1S/C63H119NO4/c1-3-5-7-9-11-13-15-17-19-20-21-22-23-24-25-26-27-28-29-30-31-32-33-34-35-36-37-38-39-40-41-42-44-46-48-50-52-54-56-58-62(67)64-60(59-65)63(68)61(66)57-55-53-51-49-47-45-43-18-16-14-12-10-8-6-4-2/h18,27-28,30-31,43,49,51,60-61,63,65-66,68H,3-17,19-26,29,32-42,44-48,50,52-59H2,1-2H3,(H,64,67)/b28-27-,31-30-,43-18+,51-49+. The van der Waals surface area contributed by atoms with Crippen molar-refractivity contribution in [2.45, 2.75) is 340 Å². The SMILES string of the molecule is CCCCCCCC/C=C/CC/C=C/CCCC(O)C(O)C(CO)NC(=O)CCCCCCCCCCCCCCCCCCC/C=C\C/C=C\CCCCCCCCCCCCCCCCC. The average molecular weight is 955 g/mol. The lowest BCUT2D eigenvalue weighted by Crippen LogP contribution is -2.50. The molecule has 0 aliphatic carbocycles. The van der Waals surface area contributed by atoms with E-state index >= 15 is 0 Å². The van der Waals surface area contributed by atoms with Gasteiger partial charge >= 0.3 is 0 Å². The Hall–Kier alpha value is -1.69. The smallest absolute Gasteiger partial charge is 0.220 e. The average Bonchev–Trinajstić information content (AvgIpc) is 3.34. The number of carbonyl (C=O) groups excluding carboxylic acids is 1. The quantitative estimate of drug-likeness (QED) is 0.0361. The van der Waals surface area contributed by atoms with E-state index in [9.17, 15) is 20.1 Å². The molecule has 5 heteroatoms. The maximum Gasteiger partial charge on any atom is 0.220 e. The molecule has 0 aliphatic rings. The van der Waals surface area contributed by atoms with Crippen LogP contribution in [0.2, 0.25) is 0 Å². The molecular weight excluding hydrogens is 835 g/mol. The van der Waals surface area contributed by atoms with E-state index in [1.54, 1.807) is 0 Å². The van der Waals surface area contributed by atoms with Crippen molar-refractivity contribution >= 4 is 5.91 Å². The molecule has 0 fully saturated rings. The monoisotopic (exact) mass is 954 g/mol. The van der Waals surface area contributed by atoms with E-state index in [2.05, 4.69) is 67.8 Å². The summed E-state index contributed by atoms with van der Waals surface area (Å²) in [6.45, 7) is 4.18. The van der Waals surface area contributed by atoms with Crippen molar-refractivity contribution in [2.75, 3.05) is 6.61 Å². The maximum absolute atomic E-state index is 12.5. The fourth-order valence-corrected chi connectivity index (χ4v) is 9.45.